The first-order chi connectivity index (χ1) is 10.5. The van der Waals surface area contributed by atoms with E-state index in [-0.39, 0.29) is 36.3 Å². The van der Waals surface area contributed by atoms with Crippen LogP contribution >= 0.6 is 12.4 Å². The Bertz CT molecular complexity index is 508. The third kappa shape index (κ3) is 5.40. The molecule has 0 aliphatic heterocycles. The third-order valence-electron chi connectivity index (χ3n) is 4.38. The lowest BCUT2D eigenvalue weighted by Gasteiger charge is -2.24. The van der Waals surface area contributed by atoms with E-state index >= 15 is 0 Å². The van der Waals surface area contributed by atoms with Crippen LogP contribution in [0.5, 0.6) is 5.75 Å². The number of ether oxygens (including phenoxy) is 1. The number of amides is 1. The van der Waals surface area contributed by atoms with Crippen LogP contribution in [0.3, 0.4) is 0 Å². The van der Waals surface area contributed by atoms with Gasteiger partial charge in [-0.3, -0.25) is 4.79 Å². The Balaban J connectivity index is 0.00000264. The van der Waals surface area contributed by atoms with Crippen LogP contribution in [0.25, 0.3) is 0 Å². The number of para-hydroxylation sites is 1. The molecule has 1 aliphatic rings. The van der Waals surface area contributed by atoms with Crippen molar-refractivity contribution in [3.8, 4) is 5.75 Å². The van der Waals surface area contributed by atoms with Crippen molar-refractivity contribution in [3.05, 3.63) is 29.8 Å². The maximum absolute atomic E-state index is 12.5. The molecule has 1 aliphatic carbocycles. The van der Waals surface area contributed by atoms with E-state index in [2.05, 4.69) is 19.2 Å². The number of halogens is 1. The van der Waals surface area contributed by atoms with Gasteiger partial charge in [0.05, 0.1) is 13.2 Å². The van der Waals surface area contributed by atoms with Gasteiger partial charge in [0.1, 0.15) is 5.75 Å². The monoisotopic (exact) mass is 340 g/mol. The Kier molecular flexibility index (Phi) is 7.86. The largest absolute Gasteiger partial charge is 0.496 e. The molecule has 3 N–H and O–H groups in total. The zero-order valence-corrected chi connectivity index (χ0v) is 15.1. The first-order valence-electron chi connectivity index (χ1n) is 8.20. The van der Waals surface area contributed by atoms with Crippen LogP contribution in [0, 0.1) is 11.8 Å². The molecule has 0 heterocycles. The quantitative estimate of drug-likeness (QED) is 0.833. The molecule has 1 aromatic rings. The van der Waals surface area contributed by atoms with Gasteiger partial charge < -0.3 is 15.8 Å². The van der Waals surface area contributed by atoms with Crippen LogP contribution in [-0.4, -0.2) is 19.1 Å². The highest BCUT2D eigenvalue weighted by molar-refractivity contribution is 5.85. The molecule has 1 aromatic carbocycles. The maximum Gasteiger partial charge on any atom is 0.223 e. The van der Waals surface area contributed by atoms with Gasteiger partial charge in [0.25, 0.3) is 0 Å². The van der Waals surface area contributed by atoms with Crippen molar-refractivity contribution < 1.29 is 9.53 Å². The molecule has 2 rings (SSSR count). The lowest BCUT2D eigenvalue weighted by Crippen LogP contribution is -2.34. The summed E-state index contributed by atoms with van der Waals surface area (Å²) in [5.41, 5.74) is 6.98. The van der Waals surface area contributed by atoms with E-state index in [9.17, 15) is 4.79 Å². The van der Waals surface area contributed by atoms with Crippen molar-refractivity contribution in [1.29, 1.82) is 0 Å². The van der Waals surface area contributed by atoms with E-state index in [1.165, 1.54) is 0 Å². The van der Waals surface area contributed by atoms with Crippen LogP contribution in [0.1, 0.15) is 51.1 Å². The zero-order chi connectivity index (χ0) is 16.1. The standard InChI is InChI=1S/C18H28N2O2.ClH/c1-12(2)10-16(15-6-4-5-7-17(15)22-3)20-18(21)13-8-9-14(19)11-13;/h4-7,12-14,16H,8-11,19H2,1-3H3,(H,20,21);1H. The fraction of sp³-hybridized carbons (Fsp3) is 0.611. The Morgan fingerprint density at radius 1 is 1.35 bits per heavy atom. The first-order valence-corrected chi connectivity index (χ1v) is 8.20. The van der Waals surface area contributed by atoms with E-state index < -0.39 is 0 Å². The van der Waals surface area contributed by atoms with E-state index in [1.54, 1.807) is 7.11 Å². The van der Waals surface area contributed by atoms with Gasteiger partial charge in [0.15, 0.2) is 0 Å². The number of nitrogens with one attached hydrogen (secondary N) is 1. The highest BCUT2D eigenvalue weighted by atomic mass is 35.5. The molecule has 0 saturated heterocycles. The van der Waals surface area contributed by atoms with Gasteiger partial charge in [-0.25, -0.2) is 0 Å². The smallest absolute Gasteiger partial charge is 0.223 e. The van der Waals surface area contributed by atoms with Crippen LogP contribution in [-0.2, 0) is 4.79 Å². The van der Waals surface area contributed by atoms with Crippen molar-refractivity contribution >= 4 is 18.3 Å². The molecule has 3 atom stereocenters. The molecule has 1 fully saturated rings. The van der Waals surface area contributed by atoms with Gasteiger partial charge in [0, 0.05) is 17.5 Å². The van der Waals surface area contributed by atoms with E-state index in [0.717, 1.165) is 37.0 Å². The number of carbonyl (C=O) groups is 1. The number of hydrogen-bond acceptors (Lipinski definition) is 3. The summed E-state index contributed by atoms with van der Waals surface area (Å²) >= 11 is 0. The second-order valence-electron chi connectivity index (χ2n) is 6.70. The van der Waals surface area contributed by atoms with E-state index in [1.807, 2.05) is 24.3 Å². The summed E-state index contributed by atoms with van der Waals surface area (Å²) in [6, 6.07) is 8.08. The minimum atomic E-state index is -0.0134. The molecule has 5 heteroatoms. The van der Waals surface area contributed by atoms with Crippen molar-refractivity contribution in [2.24, 2.45) is 17.6 Å². The van der Waals surface area contributed by atoms with E-state index in [0.29, 0.717) is 5.92 Å². The van der Waals surface area contributed by atoms with Crippen molar-refractivity contribution in [1.82, 2.24) is 5.32 Å². The number of nitrogens with two attached hydrogens (primary N) is 1. The lowest BCUT2D eigenvalue weighted by molar-refractivity contribution is -0.125. The first kappa shape index (κ1) is 19.8. The summed E-state index contributed by atoms with van der Waals surface area (Å²) in [4.78, 5) is 12.5. The summed E-state index contributed by atoms with van der Waals surface area (Å²) in [7, 11) is 1.67. The number of methoxy groups -OCH3 is 1. The Morgan fingerprint density at radius 2 is 2.04 bits per heavy atom. The fourth-order valence-corrected chi connectivity index (χ4v) is 3.23. The molecule has 4 nitrogen and oxygen atoms in total. The minimum Gasteiger partial charge on any atom is -0.496 e. The van der Waals surface area contributed by atoms with Crippen molar-refractivity contribution in [2.75, 3.05) is 7.11 Å². The molecule has 0 spiro atoms. The SMILES string of the molecule is COc1ccccc1C(CC(C)C)NC(=O)C1CCC(N)C1.Cl. The van der Waals surface area contributed by atoms with Gasteiger partial charge in [-0.05, 0) is 37.7 Å². The number of hydrogen-bond donors (Lipinski definition) is 2. The van der Waals surface area contributed by atoms with Gasteiger partial charge in [-0.1, -0.05) is 32.0 Å². The predicted molar refractivity (Wildman–Crippen MR) is 95.9 cm³/mol. The van der Waals surface area contributed by atoms with Crippen molar-refractivity contribution in [2.45, 2.75) is 51.6 Å². The average Bonchev–Trinajstić information content (AvgIpc) is 2.92. The molecule has 1 saturated carbocycles. The van der Waals surface area contributed by atoms with Crippen molar-refractivity contribution in [3.63, 3.8) is 0 Å². The second kappa shape index (κ2) is 9.14. The predicted octanol–water partition coefficient (Wildman–Crippen LogP) is 3.45. The topological polar surface area (TPSA) is 64.3 Å². The number of benzene rings is 1. The number of rotatable bonds is 6. The zero-order valence-electron chi connectivity index (χ0n) is 14.2. The molecule has 1 amide bonds. The summed E-state index contributed by atoms with van der Waals surface area (Å²) in [6.45, 7) is 4.33. The van der Waals surface area contributed by atoms with Gasteiger partial charge in [-0.15, -0.1) is 12.4 Å². The average molecular weight is 341 g/mol. The Morgan fingerprint density at radius 3 is 2.61 bits per heavy atom. The second-order valence-corrected chi connectivity index (χ2v) is 6.70. The number of carbonyl (C=O) groups excluding carboxylic acids is 1. The fourth-order valence-electron chi connectivity index (χ4n) is 3.23. The highest BCUT2D eigenvalue weighted by Crippen LogP contribution is 2.31. The summed E-state index contributed by atoms with van der Waals surface area (Å²) in [6.07, 6.45) is 3.53. The Hall–Kier alpha value is -1.26. The third-order valence-corrected chi connectivity index (χ3v) is 4.38. The molecular formula is C18H29ClN2O2. The lowest BCUT2D eigenvalue weighted by atomic mass is 9.95. The summed E-state index contributed by atoms with van der Waals surface area (Å²) in [5.74, 6) is 1.50. The Labute approximate surface area is 145 Å². The molecule has 0 radical (unpaired) electrons. The molecular weight excluding hydrogens is 312 g/mol. The van der Waals surface area contributed by atoms with Gasteiger partial charge in [-0.2, -0.15) is 0 Å². The molecule has 130 valence electrons. The summed E-state index contributed by atoms with van der Waals surface area (Å²) in [5, 5.41) is 3.23. The normalized spacial score (nSPS) is 21.6. The van der Waals surface area contributed by atoms with Gasteiger partial charge in [0.2, 0.25) is 5.91 Å². The molecule has 0 aromatic heterocycles. The minimum absolute atomic E-state index is 0. The van der Waals surface area contributed by atoms with Crippen LogP contribution < -0.4 is 15.8 Å². The van der Waals surface area contributed by atoms with Gasteiger partial charge >= 0.3 is 0 Å². The summed E-state index contributed by atoms with van der Waals surface area (Å²) < 4.78 is 5.46. The molecule has 0 bridgehead atoms. The van der Waals surface area contributed by atoms with Crippen LogP contribution in [0.2, 0.25) is 0 Å². The maximum atomic E-state index is 12.5. The molecule has 23 heavy (non-hydrogen) atoms. The molecule has 3 unspecified atom stereocenters. The van der Waals surface area contributed by atoms with Crippen LogP contribution in [0.15, 0.2) is 24.3 Å². The van der Waals surface area contributed by atoms with Crippen LogP contribution in [0.4, 0.5) is 0 Å². The highest BCUT2D eigenvalue weighted by Gasteiger charge is 2.30. The van der Waals surface area contributed by atoms with E-state index in [4.69, 9.17) is 10.5 Å².